The lowest BCUT2D eigenvalue weighted by atomic mass is 10.2. The summed E-state index contributed by atoms with van der Waals surface area (Å²) >= 11 is 5.93. The van der Waals surface area contributed by atoms with Crippen LogP contribution in [-0.4, -0.2) is 14.5 Å². The molecule has 0 unspecified atom stereocenters. The van der Waals surface area contributed by atoms with Crippen molar-refractivity contribution in [1.82, 2.24) is 14.5 Å². The number of hydrogen-bond acceptors (Lipinski definition) is 3. The summed E-state index contributed by atoms with van der Waals surface area (Å²) in [6.07, 6.45) is 1.56. The Morgan fingerprint density at radius 3 is 2.75 bits per heavy atom. The monoisotopic (exact) mass is 294 g/mol. The van der Waals surface area contributed by atoms with Crippen molar-refractivity contribution in [3.8, 4) is 5.69 Å². The Kier molecular flexibility index (Phi) is 2.83. The molecule has 0 saturated carbocycles. The topological polar surface area (TPSA) is 56.7 Å². The van der Waals surface area contributed by atoms with Gasteiger partial charge in [0, 0.05) is 12.3 Å². The van der Waals surface area contributed by atoms with Crippen LogP contribution >= 0.6 is 11.6 Å². The molecular weight excluding hydrogens is 286 g/mol. The molecule has 0 aliphatic carbocycles. The molecular formula is C13H9ClF2N4. The van der Waals surface area contributed by atoms with Crippen LogP contribution in [0.3, 0.4) is 0 Å². The highest BCUT2D eigenvalue weighted by molar-refractivity contribution is 6.32. The number of nitrogens with zero attached hydrogens (tertiary/aromatic N) is 3. The maximum Gasteiger partial charge on any atom is 0.207 e. The molecule has 2 aromatic heterocycles. The van der Waals surface area contributed by atoms with E-state index in [0.717, 1.165) is 17.7 Å². The Morgan fingerprint density at radius 2 is 2.05 bits per heavy atom. The summed E-state index contributed by atoms with van der Waals surface area (Å²) in [5.74, 6) is -1.55. The van der Waals surface area contributed by atoms with Gasteiger partial charge in [-0.2, -0.15) is 0 Å². The standard InChI is InChI=1S/C13H9ClF2N4/c1-6-2-3-18-12-10(6)19-13(17)20(12)11-8(14)4-7(15)5-9(11)16/h2-5H,1H3,(H2,17,19). The second-order valence-electron chi connectivity index (χ2n) is 4.32. The summed E-state index contributed by atoms with van der Waals surface area (Å²) in [6, 6.07) is 3.52. The fraction of sp³-hybridized carbons (Fsp3) is 0.0769. The van der Waals surface area contributed by atoms with Gasteiger partial charge in [0.1, 0.15) is 17.0 Å². The van der Waals surface area contributed by atoms with Crippen molar-refractivity contribution >= 4 is 28.7 Å². The first-order chi connectivity index (χ1) is 9.49. The molecule has 20 heavy (non-hydrogen) atoms. The third kappa shape index (κ3) is 1.80. The van der Waals surface area contributed by atoms with E-state index in [1.165, 1.54) is 4.57 Å². The average molecular weight is 295 g/mol. The molecule has 0 bridgehead atoms. The van der Waals surface area contributed by atoms with E-state index >= 15 is 0 Å². The lowest BCUT2D eigenvalue weighted by Gasteiger charge is -2.09. The SMILES string of the molecule is Cc1ccnc2c1nc(N)n2-c1c(F)cc(F)cc1Cl. The van der Waals surface area contributed by atoms with Crippen molar-refractivity contribution in [3.63, 3.8) is 0 Å². The number of imidazole rings is 1. The van der Waals surface area contributed by atoms with Gasteiger partial charge in [-0.3, -0.25) is 4.57 Å². The van der Waals surface area contributed by atoms with Crippen LogP contribution in [0.25, 0.3) is 16.9 Å². The van der Waals surface area contributed by atoms with Crippen LogP contribution in [0.5, 0.6) is 0 Å². The molecule has 2 heterocycles. The molecule has 4 nitrogen and oxygen atoms in total. The number of pyridine rings is 1. The largest absolute Gasteiger partial charge is 0.369 e. The molecule has 2 N–H and O–H groups in total. The third-order valence-corrected chi connectivity index (χ3v) is 3.27. The molecule has 0 aliphatic rings. The van der Waals surface area contributed by atoms with E-state index in [0.29, 0.717) is 11.2 Å². The lowest BCUT2D eigenvalue weighted by Crippen LogP contribution is -2.05. The van der Waals surface area contributed by atoms with E-state index in [1.807, 2.05) is 6.92 Å². The number of aryl methyl sites for hydroxylation is 1. The van der Waals surface area contributed by atoms with E-state index in [4.69, 9.17) is 17.3 Å². The number of benzene rings is 1. The van der Waals surface area contributed by atoms with Crippen LogP contribution in [0.2, 0.25) is 5.02 Å². The first kappa shape index (κ1) is 12.8. The van der Waals surface area contributed by atoms with Gasteiger partial charge in [0.05, 0.1) is 5.02 Å². The maximum absolute atomic E-state index is 14.0. The van der Waals surface area contributed by atoms with Crippen molar-refractivity contribution in [2.45, 2.75) is 6.92 Å². The summed E-state index contributed by atoms with van der Waals surface area (Å²) in [5, 5.41) is -0.100. The predicted molar refractivity (Wildman–Crippen MR) is 72.9 cm³/mol. The van der Waals surface area contributed by atoms with Crippen LogP contribution in [0.15, 0.2) is 24.4 Å². The minimum Gasteiger partial charge on any atom is -0.369 e. The first-order valence-electron chi connectivity index (χ1n) is 5.73. The Balaban J connectivity index is 2.42. The minimum absolute atomic E-state index is 0.0363. The van der Waals surface area contributed by atoms with Gasteiger partial charge in [0.2, 0.25) is 5.95 Å². The van der Waals surface area contributed by atoms with E-state index in [1.54, 1.807) is 12.3 Å². The molecule has 0 fully saturated rings. The maximum atomic E-state index is 14.0. The van der Waals surface area contributed by atoms with Gasteiger partial charge < -0.3 is 5.73 Å². The molecule has 7 heteroatoms. The zero-order valence-corrected chi connectivity index (χ0v) is 11.1. The number of aromatic nitrogens is 3. The van der Waals surface area contributed by atoms with Crippen molar-refractivity contribution in [1.29, 1.82) is 0 Å². The Bertz CT molecular complexity index is 806. The number of hydrogen-bond donors (Lipinski definition) is 1. The smallest absolute Gasteiger partial charge is 0.207 e. The number of nitrogens with two attached hydrogens (primary N) is 1. The minimum atomic E-state index is -0.829. The fourth-order valence-electron chi connectivity index (χ4n) is 2.08. The van der Waals surface area contributed by atoms with Crippen LogP contribution in [0.4, 0.5) is 14.7 Å². The highest BCUT2D eigenvalue weighted by Crippen LogP contribution is 2.30. The zero-order chi connectivity index (χ0) is 14.4. The molecule has 0 atom stereocenters. The molecule has 1 aromatic carbocycles. The van der Waals surface area contributed by atoms with Gasteiger partial charge in [0.25, 0.3) is 0 Å². The normalized spacial score (nSPS) is 11.2. The van der Waals surface area contributed by atoms with Gasteiger partial charge in [-0.25, -0.2) is 18.7 Å². The summed E-state index contributed by atoms with van der Waals surface area (Å²) in [5.41, 5.74) is 7.52. The molecule has 0 amide bonds. The van der Waals surface area contributed by atoms with Crippen LogP contribution in [-0.2, 0) is 0 Å². The zero-order valence-electron chi connectivity index (χ0n) is 10.4. The Morgan fingerprint density at radius 1 is 1.30 bits per heavy atom. The van der Waals surface area contributed by atoms with Crippen LogP contribution < -0.4 is 5.73 Å². The quantitative estimate of drug-likeness (QED) is 0.749. The predicted octanol–water partition coefficient (Wildman–Crippen LogP) is 3.24. The number of nitrogen functional groups attached to an aromatic ring is 1. The van der Waals surface area contributed by atoms with Crippen molar-refractivity contribution in [2.24, 2.45) is 0 Å². The molecule has 102 valence electrons. The number of anilines is 1. The van der Waals surface area contributed by atoms with E-state index < -0.39 is 11.6 Å². The third-order valence-electron chi connectivity index (χ3n) is 2.98. The molecule has 0 saturated heterocycles. The van der Waals surface area contributed by atoms with Gasteiger partial charge in [-0.05, 0) is 24.6 Å². The molecule has 0 aliphatic heterocycles. The Labute approximate surface area is 117 Å². The number of halogens is 3. The van der Waals surface area contributed by atoms with E-state index in [9.17, 15) is 8.78 Å². The highest BCUT2D eigenvalue weighted by Gasteiger charge is 2.19. The fourth-order valence-corrected chi connectivity index (χ4v) is 2.36. The highest BCUT2D eigenvalue weighted by atomic mass is 35.5. The Hall–Kier alpha value is -2.21. The summed E-state index contributed by atoms with van der Waals surface area (Å²) in [6.45, 7) is 1.84. The van der Waals surface area contributed by atoms with Crippen LogP contribution in [0.1, 0.15) is 5.56 Å². The first-order valence-corrected chi connectivity index (χ1v) is 6.11. The van der Waals surface area contributed by atoms with Crippen molar-refractivity contribution in [2.75, 3.05) is 5.73 Å². The summed E-state index contributed by atoms with van der Waals surface area (Å²) in [7, 11) is 0. The second-order valence-corrected chi connectivity index (χ2v) is 4.73. The van der Waals surface area contributed by atoms with Crippen molar-refractivity contribution in [3.05, 3.63) is 46.6 Å². The van der Waals surface area contributed by atoms with Gasteiger partial charge in [-0.1, -0.05) is 11.6 Å². The van der Waals surface area contributed by atoms with E-state index in [2.05, 4.69) is 9.97 Å². The van der Waals surface area contributed by atoms with E-state index in [-0.39, 0.29) is 16.7 Å². The number of rotatable bonds is 1. The number of fused-ring (bicyclic) bond motifs is 1. The van der Waals surface area contributed by atoms with Gasteiger partial charge >= 0.3 is 0 Å². The lowest BCUT2D eigenvalue weighted by molar-refractivity contribution is 0.579. The summed E-state index contributed by atoms with van der Waals surface area (Å²) in [4.78, 5) is 8.30. The van der Waals surface area contributed by atoms with Crippen molar-refractivity contribution < 1.29 is 8.78 Å². The van der Waals surface area contributed by atoms with Gasteiger partial charge in [-0.15, -0.1) is 0 Å². The second kappa shape index (κ2) is 4.42. The molecule has 0 spiro atoms. The average Bonchev–Trinajstić information content (AvgIpc) is 2.67. The molecule has 0 radical (unpaired) electrons. The molecule has 3 aromatic rings. The van der Waals surface area contributed by atoms with Gasteiger partial charge in [0.15, 0.2) is 11.5 Å². The van der Waals surface area contributed by atoms with Crippen LogP contribution in [0, 0.1) is 18.6 Å². The summed E-state index contributed by atoms with van der Waals surface area (Å²) < 4.78 is 28.4. The molecule has 3 rings (SSSR count).